The van der Waals surface area contributed by atoms with Crippen LogP contribution in [0.3, 0.4) is 0 Å². The molecule has 0 aromatic heterocycles. The number of sulfonamides is 2. The van der Waals surface area contributed by atoms with E-state index in [1.807, 2.05) is 6.92 Å². The van der Waals surface area contributed by atoms with E-state index in [-0.39, 0.29) is 36.0 Å². The molecule has 0 radical (unpaired) electrons. The molecule has 29 heavy (non-hydrogen) atoms. The van der Waals surface area contributed by atoms with E-state index < -0.39 is 25.9 Å². The first-order valence-electron chi connectivity index (χ1n) is 9.30. The molecule has 2 N–H and O–H groups in total. The molecule has 1 aliphatic heterocycles. The smallest absolute Gasteiger partial charge is 0.243 e. The van der Waals surface area contributed by atoms with Crippen LogP contribution in [0.2, 0.25) is 0 Å². The molecule has 0 bridgehead atoms. The quantitative estimate of drug-likeness (QED) is 0.692. The first-order valence-corrected chi connectivity index (χ1v) is 12.2. The van der Waals surface area contributed by atoms with Gasteiger partial charge in [-0.05, 0) is 48.4 Å². The van der Waals surface area contributed by atoms with Crippen LogP contribution in [0.15, 0.2) is 52.3 Å². The van der Waals surface area contributed by atoms with Gasteiger partial charge in [-0.25, -0.2) is 21.2 Å². The van der Waals surface area contributed by atoms with Crippen LogP contribution in [0.1, 0.15) is 18.9 Å². The third-order valence-electron chi connectivity index (χ3n) is 4.90. The van der Waals surface area contributed by atoms with Crippen LogP contribution >= 0.6 is 0 Å². The molecule has 10 heteroatoms. The maximum absolute atomic E-state index is 14.2. The van der Waals surface area contributed by atoms with Gasteiger partial charge in [-0.3, -0.25) is 0 Å². The number of piperazine rings is 1. The SMILES string of the molecule is CCCc1ccc(S(=O)(=O)N2CCN(S(=O)(=O)c3ccc(N)cc3)CC2)cc1F. The van der Waals surface area contributed by atoms with Crippen LogP contribution in [0.5, 0.6) is 0 Å². The van der Waals surface area contributed by atoms with E-state index in [1.54, 1.807) is 0 Å². The van der Waals surface area contributed by atoms with E-state index >= 15 is 0 Å². The third kappa shape index (κ3) is 4.45. The summed E-state index contributed by atoms with van der Waals surface area (Å²) in [5.74, 6) is -0.544. The first-order chi connectivity index (χ1) is 13.7. The minimum absolute atomic E-state index is 0.00509. The predicted molar refractivity (Wildman–Crippen MR) is 109 cm³/mol. The van der Waals surface area contributed by atoms with Gasteiger partial charge in [0.05, 0.1) is 9.79 Å². The molecule has 0 amide bonds. The van der Waals surface area contributed by atoms with Gasteiger partial charge in [0, 0.05) is 31.9 Å². The molecule has 2 aromatic rings. The molecule has 2 aromatic carbocycles. The van der Waals surface area contributed by atoms with Crippen molar-refractivity contribution < 1.29 is 21.2 Å². The Morgan fingerprint density at radius 2 is 1.34 bits per heavy atom. The van der Waals surface area contributed by atoms with Crippen molar-refractivity contribution in [2.45, 2.75) is 29.6 Å². The number of hydrogen-bond acceptors (Lipinski definition) is 5. The van der Waals surface area contributed by atoms with Gasteiger partial charge in [0.2, 0.25) is 20.0 Å². The molecule has 0 aliphatic carbocycles. The number of aryl methyl sites for hydroxylation is 1. The van der Waals surface area contributed by atoms with Crippen molar-refractivity contribution in [3.05, 3.63) is 53.8 Å². The third-order valence-corrected chi connectivity index (χ3v) is 8.70. The molecular weight excluding hydrogens is 417 g/mol. The van der Waals surface area contributed by atoms with Gasteiger partial charge < -0.3 is 5.73 Å². The van der Waals surface area contributed by atoms with Gasteiger partial charge in [0.15, 0.2) is 0 Å². The summed E-state index contributed by atoms with van der Waals surface area (Å²) in [6.07, 6.45) is 1.29. The van der Waals surface area contributed by atoms with Gasteiger partial charge in [-0.1, -0.05) is 19.4 Å². The fourth-order valence-electron chi connectivity index (χ4n) is 3.25. The summed E-state index contributed by atoms with van der Waals surface area (Å²) in [6, 6.07) is 9.80. The van der Waals surface area contributed by atoms with E-state index in [9.17, 15) is 21.2 Å². The van der Waals surface area contributed by atoms with Crippen molar-refractivity contribution in [3.8, 4) is 0 Å². The highest BCUT2D eigenvalue weighted by atomic mass is 32.2. The fraction of sp³-hybridized carbons (Fsp3) is 0.368. The number of anilines is 1. The van der Waals surface area contributed by atoms with Crippen molar-refractivity contribution in [1.29, 1.82) is 0 Å². The van der Waals surface area contributed by atoms with Crippen LogP contribution in [0.4, 0.5) is 10.1 Å². The Hall–Kier alpha value is -2.01. The number of rotatable bonds is 6. The van der Waals surface area contributed by atoms with Crippen LogP contribution < -0.4 is 5.73 Å². The zero-order valence-electron chi connectivity index (χ0n) is 16.1. The van der Waals surface area contributed by atoms with Gasteiger partial charge in [0.1, 0.15) is 5.82 Å². The van der Waals surface area contributed by atoms with Crippen LogP contribution in [0, 0.1) is 5.82 Å². The second kappa shape index (κ2) is 8.39. The number of halogens is 1. The van der Waals surface area contributed by atoms with Gasteiger partial charge in [-0.15, -0.1) is 0 Å². The first kappa shape index (κ1) is 21.7. The highest BCUT2D eigenvalue weighted by Crippen LogP contribution is 2.24. The Balaban J connectivity index is 1.74. The number of nitrogens with zero attached hydrogens (tertiary/aromatic N) is 2. The Morgan fingerprint density at radius 3 is 1.83 bits per heavy atom. The molecule has 0 saturated carbocycles. The summed E-state index contributed by atoms with van der Waals surface area (Å²) < 4.78 is 67.8. The van der Waals surface area contributed by atoms with Gasteiger partial charge in [-0.2, -0.15) is 8.61 Å². The van der Waals surface area contributed by atoms with Crippen molar-refractivity contribution >= 4 is 25.7 Å². The molecule has 3 rings (SSSR count). The molecule has 1 heterocycles. The summed E-state index contributed by atoms with van der Waals surface area (Å²) in [4.78, 5) is -0.0127. The summed E-state index contributed by atoms with van der Waals surface area (Å²) in [5.41, 5.74) is 6.53. The summed E-state index contributed by atoms with van der Waals surface area (Å²) in [7, 11) is -7.63. The lowest BCUT2D eigenvalue weighted by atomic mass is 10.1. The molecule has 1 aliphatic rings. The predicted octanol–water partition coefficient (Wildman–Crippen LogP) is 2.06. The normalized spacial score (nSPS) is 16.8. The second-order valence-corrected chi connectivity index (χ2v) is 10.8. The number of hydrogen-bond donors (Lipinski definition) is 1. The fourth-order valence-corrected chi connectivity index (χ4v) is 6.11. The van der Waals surface area contributed by atoms with Crippen LogP contribution in [-0.4, -0.2) is 51.6 Å². The van der Waals surface area contributed by atoms with Gasteiger partial charge >= 0.3 is 0 Å². The van der Waals surface area contributed by atoms with Crippen LogP contribution in [0.25, 0.3) is 0 Å². The zero-order chi connectivity index (χ0) is 21.2. The lowest BCUT2D eigenvalue weighted by Gasteiger charge is -2.33. The minimum atomic E-state index is -3.90. The molecule has 0 atom stereocenters. The Kier molecular flexibility index (Phi) is 6.27. The molecule has 1 fully saturated rings. The lowest BCUT2D eigenvalue weighted by molar-refractivity contribution is 0.272. The Labute approximate surface area is 171 Å². The minimum Gasteiger partial charge on any atom is -0.399 e. The molecule has 0 spiro atoms. The summed E-state index contributed by atoms with van der Waals surface area (Å²) in [6.45, 7) is 1.94. The average Bonchev–Trinajstić information content (AvgIpc) is 2.70. The van der Waals surface area contributed by atoms with Crippen LogP contribution in [-0.2, 0) is 26.5 Å². The summed E-state index contributed by atoms with van der Waals surface area (Å²) in [5, 5.41) is 0. The highest BCUT2D eigenvalue weighted by Gasteiger charge is 2.34. The van der Waals surface area contributed by atoms with Crippen molar-refractivity contribution in [2.75, 3.05) is 31.9 Å². The lowest BCUT2D eigenvalue weighted by Crippen LogP contribution is -2.50. The van der Waals surface area contributed by atoms with Gasteiger partial charge in [0.25, 0.3) is 0 Å². The van der Waals surface area contributed by atoms with Crippen molar-refractivity contribution in [2.24, 2.45) is 0 Å². The van der Waals surface area contributed by atoms with E-state index in [0.717, 1.165) is 12.5 Å². The molecular formula is C19H24FN3O4S2. The average molecular weight is 442 g/mol. The maximum Gasteiger partial charge on any atom is 0.243 e. The zero-order valence-corrected chi connectivity index (χ0v) is 17.7. The number of benzene rings is 2. The largest absolute Gasteiger partial charge is 0.399 e. The molecule has 158 valence electrons. The monoisotopic (exact) mass is 441 g/mol. The standard InChI is InChI=1S/C19H24FN3O4S2/c1-2-3-15-4-7-18(14-19(15)20)29(26,27)23-12-10-22(11-13-23)28(24,25)17-8-5-16(21)6-9-17/h4-9,14H,2-3,10-13,21H2,1H3. The number of nitrogens with two attached hydrogens (primary N) is 1. The van der Waals surface area contributed by atoms with E-state index in [1.165, 1.54) is 45.0 Å². The van der Waals surface area contributed by atoms with E-state index in [2.05, 4.69) is 0 Å². The number of nitrogen functional groups attached to an aromatic ring is 1. The van der Waals surface area contributed by atoms with E-state index in [4.69, 9.17) is 5.73 Å². The van der Waals surface area contributed by atoms with Crippen molar-refractivity contribution in [3.63, 3.8) is 0 Å². The molecule has 7 nitrogen and oxygen atoms in total. The topological polar surface area (TPSA) is 101 Å². The molecule has 0 unspecified atom stereocenters. The molecule has 1 saturated heterocycles. The van der Waals surface area contributed by atoms with Crippen molar-refractivity contribution in [1.82, 2.24) is 8.61 Å². The summed E-state index contributed by atoms with van der Waals surface area (Å²) >= 11 is 0. The highest BCUT2D eigenvalue weighted by molar-refractivity contribution is 7.89. The van der Waals surface area contributed by atoms with E-state index in [0.29, 0.717) is 17.7 Å². The maximum atomic E-state index is 14.2. The second-order valence-electron chi connectivity index (χ2n) is 6.88. The Morgan fingerprint density at radius 1 is 0.862 bits per heavy atom. The Bertz CT molecular complexity index is 1080.